The van der Waals surface area contributed by atoms with Crippen molar-refractivity contribution in [1.82, 2.24) is 10.3 Å². The zero-order valence-corrected chi connectivity index (χ0v) is 11.7. The molecule has 0 saturated carbocycles. The molecule has 0 aliphatic carbocycles. The number of fused-ring (bicyclic) bond motifs is 1. The van der Waals surface area contributed by atoms with Gasteiger partial charge < -0.3 is 5.32 Å². The summed E-state index contributed by atoms with van der Waals surface area (Å²) in [6, 6.07) is 8.56. The summed E-state index contributed by atoms with van der Waals surface area (Å²) in [5, 5.41) is 5.33. The average molecular weight is 263 g/mol. The van der Waals surface area contributed by atoms with Crippen LogP contribution >= 0.6 is 11.6 Å². The number of likely N-dealkylation sites (N-methyl/N-ethyl adjacent to an activating group) is 1. The highest BCUT2D eigenvalue weighted by molar-refractivity contribution is 6.31. The maximum atomic E-state index is 6.00. The van der Waals surface area contributed by atoms with Crippen molar-refractivity contribution < 1.29 is 0 Å². The molecule has 1 atom stereocenters. The van der Waals surface area contributed by atoms with E-state index in [1.165, 1.54) is 23.8 Å². The third-order valence-electron chi connectivity index (χ3n) is 3.31. The van der Waals surface area contributed by atoms with Gasteiger partial charge in [0.05, 0.1) is 5.52 Å². The standard InChI is InChI=1S/C15H19ClN2/c1-3-4-13(17-2)9-11-7-8-18-15-10-12(16)5-6-14(11)15/h5-8,10,13,17H,3-4,9H2,1-2H3. The lowest BCUT2D eigenvalue weighted by molar-refractivity contribution is 0.515. The van der Waals surface area contributed by atoms with Crippen LogP contribution < -0.4 is 5.32 Å². The predicted molar refractivity (Wildman–Crippen MR) is 78.2 cm³/mol. The number of aromatic nitrogens is 1. The first-order chi connectivity index (χ1) is 8.74. The lowest BCUT2D eigenvalue weighted by Gasteiger charge is -2.16. The van der Waals surface area contributed by atoms with E-state index in [0.717, 1.165) is 17.0 Å². The Kier molecular flexibility index (Phi) is 4.56. The normalized spacial score (nSPS) is 12.8. The molecule has 0 spiro atoms. The van der Waals surface area contributed by atoms with Gasteiger partial charge in [0.1, 0.15) is 0 Å². The number of halogens is 1. The fraction of sp³-hybridized carbons (Fsp3) is 0.400. The summed E-state index contributed by atoms with van der Waals surface area (Å²) in [5.41, 5.74) is 2.32. The molecule has 0 radical (unpaired) electrons. The van der Waals surface area contributed by atoms with E-state index in [2.05, 4.69) is 29.4 Å². The highest BCUT2D eigenvalue weighted by Crippen LogP contribution is 2.22. The quantitative estimate of drug-likeness (QED) is 0.886. The summed E-state index contributed by atoms with van der Waals surface area (Å²) in [6.07, 6.45) is 5.28. The molecule has 18 heavy (non-hydrogen) atoms. The van der Waals surface area contributed by atoms with Crippen LogP contribution in [0.4, 0.5) is 0 Å². The van der Waals surface area contributed by atoms with E-state index >= 15 is 0 Å². The number of pyridine rings is 1. The van der Waals surface area contributed by atoms with Gasteiger partial charge in [-0.2, -0.15) is 0 Å². The van der Waals surface area contributed by atoms with Gasteiger partial charge in [0.2, 0.25) is 0 Å². The molecule has 3 heteroatoms. The highest BCUT2D eigenvalue weighted by atomic mass is 35.5. The number of nitrogens with one attached hydrogen (secondary N) is 1. The predicted octanol–water partition coefficient (Wildman–Crippen LogP) is 3.82. The van der Waals surface area contributed by atoms with Crippen molar-refractivity contribution in [3.8, 4) is 0 Å². The van der Waals surface area contributed by atoms with E-state index in [1.54, 1.807) is 0 Å². The van der Waals surface area contributed by atoms with Gasteiger partial charge in [-0.15, -0.1) is 0 Å². The topological polar surface area (TPSA) is 24.9 Å². The van der Waals surface area contributed by atoms with Crippen LogP contribution in [-0.2, 0) is 6.42 Å². The molecule has 0 fully saturated rings. The first-order valence-electron chi connectivity index (χ1n) is 6.45. The van der Waals surface area contributed by atoms with Gasteiger partial charge >= 0.3 is 0 Å². The Balaban J connectivity index is 2.32. The Morgan fingerprint density at radius 1 is 1.33 bits per heavy atom. The number of nitrogens with zero attached hydrogens (tertiary/aromatic N) is 1. The molecule has 0 aliphatic rings. The molecule has 0 amide bonds. The van der Waals surface area contributed by atoms with Gasteiger partial charge in [-0.1, -0.05) is 31.0 Å². The maximum Gasteiger partial charge on any atom is 0.0719 e. The van der Waals surface area contributed by atoms with Gasteiger partial charge in [-0.3, -0.25) is 4.98 Å². The molecule has 1 aromatic heterocycles. The fourth-order valence-electron chi connectivity index (χ4n) is 2.32. The second kappa shape index (κ2) is 6.17. The van der Waals surface area contributed by atoms with E-state index in [0.29, 0.717) is 6.04 Å². The molecule has 2 rings (SSSR count). The number of hydrogen-bond acceptors (Lipinski definition) is 2. The molecule has 1 unspecified atom stereocenters. The van der Waals surface area contributed by atoms with Crippen molar-refractivity contribution in [2.75, 3.05) is 7.05 Å². The fourth-order valence-corrected chi connectivity index (χ4v) is 2.49. The summed E-state index contributed by atoms with van der Waals surface area (Å²) < 4.78 is 0. The Morgan fingerprint density at radius 2 is 2.17 bits per heavy atom. The first kappa shape index (κ1) is 13.3. The summed E-state index contributed by atoms with van der Waals surface area (Å²) in [7, 11) is 2.03. The Morgan fingerprint density at radius 3 is 2.89 bits per heavy atom. The summed E-state index contributed by atoms with van der Waals surface area (Å²) in [4.78, 5) is 4.38. The molecule has 0 saturated heterocycles. The molecule has 1 heterocycles. The van der Waals surface area contributed by atoms with E-state index in [1.807, 2.05) is 25.4 Å². The van der Waals surface area contributed by atoms with Crippen LogP contribution in [0.5, 0.6) is 0 Å². The Hall–Kier alpha value is -1.12. The Labute approximate surface area is 113 Å². The molecule has 2 aromatic rings. The van der Waals surface area contributed by atoms with Crippen LogP contribution in [0, 0.1) is 0 Å². The van der Waals surface area contributed by atoms with Crippen LogP contribution in [0.3, 0.4) is 0 Å². The SMILES string of the molecule is CCCC(Cc1ccnc2cc(Cl)ccc12)NC. The minimum absolute atomic E-state index is 0.524. The Bertz CT molecular complexity index is 525. The van der Waals surface area contributed by atoms with Gasteiger partial charge in [-0.25, -0.2) is 0 Å². The molecule has 0 bridgehead atoms. The number of hydrogen-bond donors (Lipinski definition) is 1. The number of rotatable bonds is 5. The van der Waals surface area contributed by atoms with Crippen LogP contribution in [-0.4, -0.2) is 18.1 Å². The van der Waals surface area contributed by atoms with Crippen LogP contribution in [0.15, 0.2) is 30.5 Å². The summed E-state index contributed by atoms with van der Waals surface area (Å²) >= 11 is 6.00. The molecular weight excluding hydrogens is 244 g/mol. The van der Waals surface area contributed by atoms with E-state index in [-0.39, 0.29) is 0 Å². The van der Waals surface area contributed by atoms with Gasteiger partial charge in [0.15, 0.2) is 0 Å². The van der Waals surface area contributed by atoms with E-state index in [4.69, 9.17) is 11.6 Å². The minimum Gasteiger partial charge on any atom is -0.317 e. The monoisotopic (exact) mass is 262 g/mol. The molecular formula is C15H19ClN2. The average Bonchev–Trinajstić information content (AvgIpc) is 2.38. The molecule has 1 N–H and O–H groups in total. The van der Waals surface area contributed by atoms with Crippen molar-refractivity contribution in [1.29, 1.82) is 0 Å². The van der Waals surface area contributed by atoms with Gasteiger partial charge in [0.25, 0.3) is 0 Å². The molecule has 0 aliphatic heterocycles. The number of benzene rings is 1. The van der Waals surface area contributed by atoms with Gasteiger partial charge in [-0.05, 0) is 43.7 Å². The highest BCUT2D eigenvalue weighted by Gasteiger charge is 2.09. The van der Waals surface area contributed by atoms with Crippen molar-refractivity contribution in [3.63, 3.8) is 0 Å². The third-order valence-corrected chi connectivity index (χ3v) is 3.54. The first-order valence-corrected chi connectivity index (χ1v) is 6.82. The van der Waals surface area contributed by atoms with Gasteiger partial charge in [0, 0.05) is 22.6 Å². The zero-order valence-electron chi connectivity index (χ0n) is 10.9. The smallest absolute Gasteiger partial charge is 0.0719 e. The molecule has 96 valence electrons. The lowest BCUT2D eigenvalue weighted by Crippen LogP contribution is -2.27. The van der Waals surface area contributed by atoms with Crippen molar-refractivity contribution in [2.24, 2.45) is 0 Å². The largest absolute Gasteiger partial charge is 0.317 e. The van der Waals surface area contributed by atoms with Crippen LogP contribution in [0.25, 0.3) is 10.9 Å². The summed E-state index contributed by atoms with van der Waals surface area (Å²) in [6.45, 7) is 2.22. The second-order valence-corrected chi connectivity index (χ2v) is 5.05. The summed E-state index contributed by atoms with van der Waals surface area (Å²) in [5.74, 6) is 0. The van der Waals surface area contributed by atoms with Crippen LogP contribution in [0.2, 0.25) is 5.02 Å². The maximum absolute atomic E-state index is 6.00. The molecule has 1 aromatic carbocycles. The van der Waals surface area contributed by atoms with E-state index in [9.17, 15) is 0 Å². The van der Waals surface area contributed by atoms with E-state index < -0.39 is 0 Å². The van der Waals surface area contributed by atoms with Crippen LogP contribution in [0.1, 0.15) is 25.3 Å². The lowest BCUT2D eigenvalue weighted by atomic mass is 9.99. The second-order valence-electron chi connectivity index (χ2n) is 4.61. The van der Waals surface area contributed by atoms with Crippen molar-refractivity contribution in [3.05, 3.63) is 41.0 Å². The minimum atomic E-state index is 0.524. The van der Waals surface area contributed by atoms with Crippen molar-refractivity contribution in [2.45, 2.75) is 32.2 Å². The zero-order chi connectivity index (χ0) is 13.0. The van der Waals surface area contributed by atoms with Crippen molar-refractivity contribution >= 4 is 22.5 Å². The third kappa shape index (κ3) is 3.01. The molecule has 2 nitrogen and oxygen atoms in total.